The molecule has 0 aliphatic carbocycles. The summed E-state index contributed by atoms with van der Waals surface area (Å²) in [4.78, 5) is 4.19. The number of anilines is 1. The van der Waals surface area contributed by atoms with E-state index >= 15 is 0 Å². The number of ether oxygens (including phenoxy) is 1. The van der Waals surface area contributed by atoms with E-state index in [0.717, 1.165) is 10.9 Å². The van der Waals surface area contributed by atoms with Crippen molar-refractivity contribution in [2.75, 3.05) is 12.3 Å². The van der Waals surface area contributed by atoms with Crippen molar-refractivity contribution in [3.8, 4) is 18.1 Å². The van der Waals surface area contributed by atoms with Crippen molar-refractivity contribution >= 4 is 16.6 Å². The van der Waals surface area contributed by atoms with Crippen molar-refractivity contribution in [1.82, 2.24) is 4.98 Å². The van der Waals surface area contributed by atoms with E-state index in [9.17, 15) is 0 Å². The van der Waals surface area contributed by atoms with Crippen molar-refractivity contribution < 1.29 is 4.74 Å². The number of aromatic nitrogens is 1. The third-order valence-corrected chi connectivity index (χ3v) is 2.07. The van der Waals surface area contributed by atoms with Crippen LogP contribution in [0.25, 0.3) is 10.9 Å². The lowest BCUT2D eigenvalue weighted by Crippen LogP contribution is -1.96. The predicted octanol–water partition coefficient (Wildman–Crippen LogP) is 1.83. The van der Waals surface area contributed by atoms with Gasteiger partial charge in [-0.05, 0) is 24.3 Å². The Balaban J connectivity index is 2.57. The van der Waals surface area contributed by atoms with Gasteiger partial charge in [-0.15, -0.1) is 6.42 Å². The van der Waals surface area contributed by atoms with Crippen LogP contribution in [-0.4, -0.2) is 11.6 Å². The fraction of sp³-hybridized carbons (Fsp3) is 0.0833. The van der Waals surface area contributed by atoms with Gasteiger partial charge in [-0.3, -0.25) is 4.98 Å². The van der Waals surface area contributed by atoms with Gasteiger partial charge in [0.25, 0.3) is 0 Å². The van der Waals surface area contributed by atoms with Crippen LogP contribution < -0.4 is 10.5 Å². The van der Waals surface area contributed by atoms with Crippen molar-refractivity contribution in [1.29, 1.82) is 0 Å². The highest BCUT2D eigenvalue weighted by Gasteiger charge is 2.04. The fourth-order valence-electron chi connectivity index (χ4n) is 1.41. The molecule has 74 valence electrons. The van der Waals surface area contributed by atoms with Gasteiger partial charge in [-0.1, -0.05) is 5.92 Å². The second-order valence-corrected chi connectivity index (χ2v) is 3.05. The Hall–Kier alpha value is -2.21. The summed E-state index contributed by atoms with van der Waals surface area (Å²) in [5.74, 6) is 3.13. The molecule has 0 radical (unpaired) electrons. The number of hydrogen-bond donors (Lipinski definition) is 1. The number of rotatable bonds is 2. The van der Waals surface area contributed by atoms with Gasteiger partial charge in [0.2, 0.25) is 0 Å². The summed E-state index contributed by atoms with van der Waals surface area (Å²) in [6, 6.07) is 7.31. The quantitative estimate of drug-likeness (QED) is 0.591. The second-order valence-electron chi connectivity index (χ2n) is 3.05. The molecule has 0 aliphatic heterocycles. The molecule has 0 spiro atoms. The summed E-state index contributed by atoms with van der Waals surface area (Å²) >= 11 is 0. The molecule has 1 aromatic heterocycles. The molecule has 1 heterocycles. The topological polar surface area (TPSA) is 48.1 Å². The van der Waals surface area contributed by atoms with Crippen LogP contribution in [0.2, 0.25) is 0 Å². The van der Waals surface area contributed by atoms with E-state index in [1.165, 1.54) is 0 Å². The molecule has 15 heavy (non-hydrogen) atoms. The Morgan fingerprint density at radius 1 is 1.40 bits per heavy atom. The van der Waals surface area contributed by atoms with E-state index in [0.29, 0.717) is 11.4 Å². The Morgan fingerprint density at radius 3 is 3.07 bits per heavy atom. The molecule has 0 saturated heterocycles. The van der Waals surface area contributed by atoms with Gasteiger partial charge < -0.3 is 10.5 Å². The lowest BCUT2D eigenvalue weighted by atomic mass is 10.2. The van der Waals surface area contributed by atoms with Crippen LogP contribution in [0.15, 0.2) is 30.5 Å². The number of benzene rings is 1. The average molecular weight is 198 g/mol. The molecule has 3 nitrogen and oxygen atoms in total. The maximum atomic E-state index is 5.80. The van der Waals surface area contributed by atoms with Gasteiger partial charge in [0, 0.05) is 11.6 Å². The average Bonchev–Trinajstić information content (AvgIpc) is 2.29. The van der Waals surface area contributed by atoms with Gasteiger partial charge in [-0.2, -0.15) is 0 Å². The summed E-state index contributed by atoms with van der Waals surface area (Å²) in [6.07, 6.45) is 6.83. The Labute approximate surface area is 87.9 Å². The minimum Gasteiger partial charge on any atom is -0.480 e. The standard InChI is InChI=1S/C12H10N2O/c1-2-8-15-11-6-5-10(13)12-9(11)4-3-7-14-12/h1,3-7H,8,13H2. The first-order valence-corrected chi connectivity index (χ1v) is 4.52. The molecule has 0 bridgehead atoms. The van der Waals surface area contributed by atoms with Crippen LogP contribution in [0.1, 0.15) is 0 Å². The van der Waals surface area contributed by atoms with E-state index < -0.39 is 0 Å². The summed E-state index contributed by atoms with van der Waals surface area (Å²) in [5, 5.41) is 0.882. The number of nitrogens with two attached hydrogens (primary N) is 1. The van der Waals surface area contributed by atoms with Crippen LogP contribution in [0.3, 0.4) is 0 Å². The number of terminal acetylenes is 1. The first-order chi connectivity index (χ1) is 7.33. The zero-order valence-corrected chi connectivity index (χ0v) is 8.10. The molecular formula is C12H10N2O. The molecule has 0 unspecified atom stereocenters. The maximum Gasteiger partial charge on any atom is 0.148 e. The highest BCUT2D eigenvalue weighted by molar-refractivity contribution is 5.93. The summed E-state index contributed by atoms with van der Waals surface area (Å²) in [7, 11) is 0. The minimum absolute atomic E-state index is 0.244. The molecule has 0 amide bonds. The first kappa shape index (κ1) is 9.35. The third kappa shape index (κ3) is 1.70. The summed E-state index contributed by atoms with van der Waals surface area (Å²) < 4.78 is 5.39. The van der Waals surface area contributed by atoms with Crippen molar-refractivity contribution in [2.45, 2.75) is 0 Å². The van der Waals surface area contributed by atoms with E-state index in [1.54, 1.807) is 18.3 Å². The SMILES string of the molecule is C#CCOc1ccc(N)c2ncccc12. The van der Waals surface area contributed by atoms with E-state index in [4.69, 9.17) is 16.9 Å². The molecule has 3 heteroatoms. The zero-order chi connectivity index (χ0) is 10.7. The molecule has 0 aliphatic rings. The smallest absolute Gasteiger partial charge is 0.148 e. The molecule has 0 saturated carbocycles. The van der Waals surface area contributed by atoms with Crippen LogP contribution in [0, 0.1) is 12.3 Å². The van der Waals surface area contributed by atoms with Gasteiger partial charge in [0.05, 0.1) is 11.2 Å². The van der Waals surface area contributed by atoms with E-state index in [2.05, 4.69) is 10.9 Å². The number of nitrogens with zero attached hydrogens (tertiary/aromatic N) is 1. The Kier molecular flexibility index (Phi) is 2.42. The minimum atomic E-state index is 0.244. The molecule has 0 fully saturated rings. The largest absolute Gasteiger partial charge is 0.480 e. The van der Waals surface area contributed by atoms with Crippen LogP contribution in [-0.2, 0) is 0 Å². The molecule has 2 rings (SSSR count). The highest BCUT2D eigenvalue weighted by atomic mass is 16.5. The van der Waals surface area contributed by atoms with Gasteiger partial charge in [0.15, 0.2) is 0 Å². The Morgan fingerprint density at radius 2 is 2.27 bits per heavy atom. The molecule has 0 atom stereocenters. The third-order valence-electron chi connectivity index (χ3n) is 2.07. The Bertz CT molecular complexity index is 529. The molecular weight excluding hydrogens is 188 g/mol. The van der Waals surface area contributed by atoms with Crippen molar-refractivity contribution in [2.24, 2.45) is 0 Å². The lowest BCUT2D eigenvalue weighted by Gasteiger charge is -2.07. The van der Waals surface area contributed by atoms with Crippen LogP contribution >= 0.6 is 0 Å². The fourth-order valence-corrected chi connectivity index (χ4v) is 1.41. The zero-order valence-electron chi connectivity index (χ0n) is 8.10. The summed E-state index contributed by atoms with van der Waals surface area (Å²) in [6.45, 7) is 0.244. The van der Waals surface area contributed by atoms with E-state index in [1.807, 2.05) is 12.1 Å². The van der Waals surface area contributed by atoms with Crippen LogP contribution in [0.4, 0.5) is 5.69 Å². The van der Waals surface area contributed by atoms with Gasteiger partial charge in [-0.25, -0.2) is 0 Å². The number of pyridine rings is 1. The highest BCUT2D eigenvalue weighted by Crippen LogP contribution is 2.27. The first-order valence-electron chi connectivity index (χ1n) is 4.52. The van der Waals surface area contributed by atoms with Crippen LogP contribution in [0.5, 0.6) is 5.75 Å². The van der Waals surface area contributed by atoms with E-state index in [-0.39, 0.29) is 6.61 Å². The predicted molar refractivity (Wildman–Crippen MR) is 60.5 cm³/mol. The van der Waals surface area contributed by atoms with Crippen molar-refractivity contribution in [3.63, 3.8) is 0 Å². The number of nitrogen functional groups attached to an aromatic ring is 1. The molecule has 1 aromatic carbocycles. The molecule has 2 N–H and O–H groups in total. The van der Waals surface area contributed by atoms with Gasteiger partial charge in [0.1, 0.15) is 12.4 Å². The monoisotopic (exact) mass is 198 g/mol. The normalized spacial score (nSPS) is 9.80. The molecule has 2 aromatic rings. The number of fused-ring (bicyclic) bond motifs is 1. The second kappa shape index (κ2) is 3.89. The summed E-state index contributed by atoms with van der Waals surface area (Å²) in [5.41, 5.74) is 7.18. The maximum absolute atomic E-state index is 5.80. The lowest BCUT2D eigenvalue weighted by molar-refractivity contribution is 0.375. The van der Waals surface area contributed by atoms with Gasteiger partial charge >= 0.3 is 0 Å². The van der Waals surface area contributed by atoms with Crippen molar-refractivity contribution in [3.05, 3.63) is 30.5 Å². The number of hydrogen-bond acceptors (Lipinski definition) is 3.